The normalized spacial score (nSPS) is 26.7. The fraction of sp³-hybridized carbons (Fsp3) is 1.00. The fourth-order valence-corrected chi connectivity index (χ4v) is 3.74. The van der Waals surface area contributed by atoms with E-state index in [1.165, 1.54) is 4.31 Å². The summed E-state index contributed by atoms with van der Waals surface area (Å²) in [6, 6.07) is 0.387. The molecule has 0 aromatic heterocycles. The third-order valence-corrected chi connectivity index (χ3v) is 5.27. The van der Waals surface area contributed by atoms with Crippen molar-refractivity contribution in [2.75, 3.05) is 25.4 Å². The molecule has 108 valence electrons. The van der Waals surface area contributed by atoms with Crippen molar-refractivity contribution in [3.05, 3.63) is 0 Å². The zero-order valence-electron chi connectivity index (χ0n) is 11.6. The topological polar surface area (TPSA) is 69.6 Å². The standard InChI is InChI=1S/C12H26N2O3S/c1-10(2)13-6-4-8-18(16,17)14-7-5-12(15)11(3)9-14/h10-13,15H,4-9H2,1-3H3. The smallest absolute Gasteiger partial charge is 0.214 e. The summed E-state index contributed by atoms with van der Waals surface area (Å²) in [6.45, 7) is 7.60. The molecule has 18 heavy (non-hydrogen) atoms. The van der Waals surface area contributed by atoms with Crippen LogP contribution in [0.4, 0.5) is 0 Å². The average molecular weight is 278 g/mol. The Morgan fingerprint density at radius 3 is 2.67 bits per heavy atom. The maximum Gasteiger partial charge on any atom is 0.214 e. The number of rotatable bonds is 6. The number of hydrogen-bond donors (Lipinski definition) is 2. The van der Waals surface area contributed by atoms with Crippen LogP contribution in [0.3, 0.4) is 0 Å². The van der Waals surface area contributed by atoms with Gasteiger partial charge in [0.15, 0.2) is 0 Å². The SMILES string of the molecule is CC(C)NCCCS(=O)(=O)N1CCC(O)C(C)C1. The lowest BCUT2D eigenvalue weighted by atomic mass is 9.99. The van der Waals surface area contributed by atoms with Crippen LogP contribution in [0.5, 0.6) is 0 Å². The Labute approximate surface area is 111 Å². The molecule has 1 rings (SSSR count). The minimum atomic E-state index is -3.16. The van der Waals surface area contributed by atoms with E-state index in [0.29, 0.717) is 32.0 Å². The highest BCUT2D eigenvalue weighted by molar-refractivity contribution is 7.89. The van der Waals surface area contributed by atoms with Crippen LogP contribution in [0.2, 0.25) is 0 Å². The zero-order chi connectivity index (χ0) is 13.8. The monoisotopic (exact) mass is 278 g/mol. The van der Waals surface area contributed by atoms with Gasteiger partial charge < -0.3 is 10.4 Å². The molecule has 6 heteroatoms. The maximum absolute atomic E-state index is 12.1. The molecule has 5 nitrogen and oxygen atoms in total. The second-order valence-corrected chi connectivity index (χ2v) is 7.56. The van der Waals surface area contributed by atoms with E-state index in [-0.39, 0.29) is 17.8 Å². The molecule has 2 atom stereocenters. The molecule has 1 saturated heterocycles. The minimum Gasteiger partial charge on any atom is -0.393 e. The number of aliphatic hydroxyl groups is 1. The van der Waals surface area contributed by atoms with Crippen molar-refractivity contribution in [1.82, 2.24) is 9.62 Å². The molecule has 0 bridgehead atoms. The summed E-state index contributed by atoms with van der Waals surface area (Å²) in [4.78, 5) is 0. The van der Waals surface area contributed by atoms with Gasteiger partial charge >= 0.3 is 0 Å². The van der Waals surface area contributed by atoms with E-state index >= 15 is 0 Å². The first-order chi connectivity index (χ1) is 8.33. The first-order valence-electron chi connectivity index (χ1n) is 6.72. The Morgan fingerprint density at radius 2 is 2.11 bits per heavy atom. The Morgan fingerprint density at radius 1 is 1.44 bits per heavy atom. The van der Waals surface area contributed by atoms with E-state index < -0.39 is 10.0 Å². The van der Waals surface area contributed by atoms with Gasteiger partial charge in [0, 0.05) is 19.1 Å². The summed E-state index contributed by atoms with van der Waals surface area (Å²) < 4.78 is 25.7. The third kappa shape index (κ3) is 4.84. The van der Waals surface area contributed by atoms with Gasteiger partial charge in [-0.2, -0.15) is 0 Å². The summed E-state index contributed by atoms with van der Waals surface area (Å²) in [5.41, 5.74) is 0. The minimum absolute atomic E-state index is 0.0299. The van der Waals surface area contributed by atoms with Gasteiger partial charge in [0.1, 0.15) is 0 Å². The lowest BCUT2D eigenvalue weighted by Crippen LogP contribution is -2.45. The van der Waals surface area contributed by atoms with Crippen LogP contribution in [0.25, 0.3) is 0 Å². The van der Waals surface area contributed by atoms with Crippen LogP contribution in [-0.2, 0) is 10.0 Å². The molecule has 0 saturated carbocycles. The van der Waals surface area contributed by atoms with Gasteiger partial charge in [-0.1, -0.05) is 20.8 Å². The molecule has 0 amide bonds. The second kappa shape index (κ2) is 6.84. The van der Waals surface area contributed by atoms with E-state index in [9.17, 15) is 13.5 Å². The van der Waals surface area contributed by atoms with E-state index in [0.717, 1.165) is 6.54 Å². The molecule has 0 aliphatic carbocycles. The van der Waals surface area contributed by atoms with Crippen molar-refractivity contribution in [3.8, 4) is 0 Å². The maximum atomic E-state index is 12.1. The quantitative estimate of drug-likeness (QED) is 0.690. The van der Waals surface area contributed by atoms with Crippen molar-refractivity contribution in [3.63, 3.8) is 0 Å². The van der Waals surface area contributed by atoms with Gasteiger partial charge in [0.2, 0.25) is 10.0 Å². The molecular weight excluding hydrogens is 252 g/mol. The Bertz CT molecular complexity index is 343. The molecule has 1 aliphatic rings. The Kier molecular flexibility index (Phi) is 6.04. The van der Waals surface area contributed by atoms with Crippen molar-refractivity contribution in [2.24, 2.45) is 5.92 Å². The molecule has 2 unspecified atom stereocenters. The molecule has 0 aromatic carbocycles. The van der Waals surface area contributed by atoms with E-state index in [4.69, 9.17) is 0 Å². The summed E-state index contributed by atoms with van der Waals surface area (Å²) in [5, 5.41) is 12.8. The fourth-order valence-electron chi connectivity index (χ4n) is 2.12. The predicted octanol–water partition coefficient (Wildman–Crippen LogP) is 0.407. The first-order valence-corrected chi connectivity index (χ1v) is 8.33. The van der Waals surface area contributed by atoms with Crippen molar-refractivity contribution >= 4 is 10.0 Å². The molecule has 0 radical (unpaired) electrons. The van der Waals surface area contributed by atoms with Crippen molar-refractivity contribution < 1.29 is 13.5 Å². The highest BCUT2D eigenvalue weighted by atomic mass is 32.2. The predicted molar refractivity (Wildman–Crippen MR) is 72.9 cm³/mol. The molecule has 0 aromatic rings. The van der Waals surface area contributed by atoms with Gasteiger partial charge in [-0.25, -0.2) is 12.7 Å². The van der Waals surface area contributed by atoms with E-state index in [2.05, 4.69) is 5.32 Å². The molecule has 0 spiro atoms. The summed E-state index contributed by atoms with van der Waals surface area (Å²) >= 11 is 0. The summed E-state index contributed by atoms with van der Waals surface area (Å²) in [7, 11) is -3.16. The second-order valence-electron chi connectivity index (χ2n) is 5.47. The van der Waals surface area contributed by atoms with Crippen LogP contribution in [0.15, 0.2) is 0 Å². The van der Waals surface area contributed by atoms with E-state index in [1.54, 1.807) is 0 Å². The summed E-state index contributed by atoms with van der Waals surface area (Å²) in [5.74, 6) is 0.220. The van der Waals surface area contributed by atoms with Crippen LogP contribution >= 0.6 is 0 Å². The van der Waals surface area contributed by atoms with Gasteiger partial charge in [0.05, 0.1) is 11.9 Å². The van der Waals surface area contributed by atoms with Gasteiger partial charge in [-0.3, -0.25) is 0 Å². The number of aliphatic hydroxyl groups excluding tert-OH is 1. The van der Waals surface area contributed by atoms with Crippen molar-refractivity contribution in [1.29, 1.82) is 0 Å². The molecule has 1 aliphatic heterocycles. The van der Waals surface area contributed by atoms with Crippen molar-refractivity contribution in [2.45, 2.75) is 45.8 Å². The molecule has 1 fully saturated rings. The number of sulfonamides is 1. The van der Waals surface area contributed by atoms with Crippen LogP contribution < -0.4 is 5.32 Å². The van der Waals surface area contributed by atoms with E-state index in [1.807, 2.05) is 20.8 Å². The van der Waals surface area contributed by atoms with Crippen LogP contribution in [0, 0.1) is 5.92 Å². The Balaban J connectivity index is 2.39. The molecule has 1 heterocycles. The van der Waals surface area contributed by atoms with Crippen LogP contribution in [0.1, 0.15) is 33.6 Å². The Hall–Kier alpha value is -0.170. The highest BCUT2D eigenvalue weighted by Gasteiger charge is 2.30. The van der Waals surface area contributed by atoms with Gasteiger partial charge in [0.25, 0.3) is 0 Å². The average Bonchev–Trinajstić information content (AvgIpc) is 2.28. The number of nitrogens with zero attached hydrogens (tertiary/aromatic N) is 1. The third-order valence-electron chi connectivity index (χ3n) is 3.35. The largest absolute Gasteiger partial charge is 0.393 e. The van der Waals surface area contributed by atoms with Crippen LogP contribution in [-0.4, -0.2) is 55.4 Å². The van der Waals surface area contributed by atoms with Gasteiger partial charge in [-0.05, 0) is 25.3 Å². The zero-order valence-corrected chi connectivity index (χ0v) is 12.4. The first kappa shape index (κ1) is 15.9. The lowest BCUT2D eigenvalue weighted by Gasteiger charge is -2.33. The number of piperidine rings is 1. The number of hydrogen-bond acceptors (Lipinski definition) is 4. The molecular formula is C12H26N2O3S. The van der Waals surface area contributed by atoms with Gasteiger partial charge in [-0.15, -0.1) is 0 Å². The lowest BCUT2D eigenvalue weighted by molar-refractivity contribution is 0.0628. The molecule has 2 N–H and O–H groups in total. The summed E-state index contributed by atoms with van der Waals surface area (Å²) in [6.07, 6.45) is 0.817. The highest BCUT2D eigenvalue weighted by Crippen LogP contribution is 2.19. The number of nitrogens with one attached hydrogen (secondary N) is 1.